The smallest absolute Gasteiger partial charge is 0.410 e. The van der Waals surface area contributed by atoms with Crippen molar-refractivity contribution in [2.24, 2.45) is 5.16 Å². The standard InChI is InChI=1S/C32H37N3O6/c1-5-16-39-30(36)28(17-23-7-6-21-8-11-24(33)18-27(21)29(23)19-34-38)22-9-12-25(13-10-22)40-26-14-15-35(20-26)31(37)41-32(2,3)4/h5-13,18-19,26,28,38H,1,14-17,20,33H2,2-4H3/b34-19-/t26-,28?/m0/s1. The minimum atomic E-state index is -0.637. The van der Waals surface area contributed by atoms with Crippen LogP contribution in [0, 0.1) is 0 Å². The van der Waals surface area contributed by atoms with E-state index >= 15 is 0 Å². The summed E-state index contributed by atoms with van der Waals surface area (Å²) in [5.74, 6) is -0.401. The molecule has 0 aromatic heterocycles. The van der Waals surface area contributed by atoms with Crippen molar-refractivity contribution in [2.45, 2.75) is 51.2 Å². The molecule has 41 heavy (non-hydrogen) atoms. The maximum atomic E-state index is 13.2. The van der Waals surface area contributed by atoms with E-state index in [1.807, 2.05) is 75.4 Å². The first-order valence-electron chi connectivity index (χ1n) is 13.6. The summed E-state index contributed by atoms with van der Waals surface area (Å²) in [7, 11) is 0. The summed E-state index contributed by atoms with van der Waals surface area (Å²) in [5, 5.41) is 14.4. The Balaban J connectivity index is 1.54. The molecule has 0 aliphatic carbocycles. The molecule has 0 bridgehead atoms. The highest BCUT2D eigenvalue weighted by Crippen LogP contribution is 2.30. The fourth-order valence-electron chi connectivity index (χ4n) is 4.88. The number of benzene rings is 3. The molecule has 1 aliphatic rings. The number of esters is 1. The molecular formula is C32H37N3O6. The van der Waals surface area contributed by atoms with Crippen molar-refractivity contribution < 1.29 is 29.0 Å². The van der Waals surface area contributed by atoms with Crippen LogP contribution in [-0.4, -0.2) is 59.8 Å². The van der Waals surface area contributed by atoms with E-state index in [4.69, 9.17) is 19.9 Å². The number of amides is 1. The number of nitrogens with zero attached hydrogens (tertiary/aromatic N) is 2. The van der Waals surface area contributed by atoms with Gasteiger partial charge in [-0.2, -0.15) is 0 Å². The van der Waals surface area contributed by atoms with Gasteiger partial charge in [0.25, 0.3) is 0 Å². The van der Waals surface area contributed by atoms with Gasteiger partial charge in [-0.15, -0.1) is 0 Å². The van der Waals surface area contributed by atoms with Gasteiger partial charge in [0.2, 0.25) is 0 Å². The second-order valence-corrected chi connectivity index (χ2v) is 11.1. The highest BCUT2D eigenvalue weighted by atomic mass is 16.6. The predicted molar refractivity (Wildman–Crippen MR) is 159 cm³/mol. The van der Waals surface area contributed by atoms with Gasteiger partial charge in [0.15, 0.2) is 0 Å². The fourth-order valence-corrected chi connectivity index (χ4v) is 4.88. The van der Waals surface area contributed by atoms with Crippen LogP contribution in [0.3, 0.4) is 0 Å². The third kappa shape index (κ3) is 7.57. The van der Waals surface area contributed by atoms with Gasteiger partial charge in [-0.25, -0.2) is 4.79 Å². The number of nitrogens with two attached hydrogens (primary N) is 1. The van der Waals surface area contributed by atoms with Gasteiger partial charge >= 0.3 is 12.1 Å². The van der Waals surface area contributed by atoms with E-state index in [0.717, 1.165) is 21.9 Å². The van der Waals surface area contributed by atoms with E-state index in [9.17, 15) is 14.8 Å². The van der Waals surface area contributed by atoms with Crippen LogP contribution in [0.25, 0.3) is 10.8 Å². The van der Waals surface area contributed by atoms with Gasteiger partial charge in [-0.1, -0.05) is 48.1 Å². The summed E-state index contributed by atoms with van der Waals surface area (Å²) in [5.41, 5.74) is 8.27. The topological polar surface area (TPSA) is 124 Å². The summed E-state index contributed by atoms with van der Waals surface area (Å²) >= 11 is 0. The maximum Gasteiger partial charge on any atom is 0.410 e. The Hall–Kier alpha value is -4.53. The molecule has 0 spiro atoms. The zero-order chi connectivity index (χ0) is 29.6. The van der Waals surface area contributed by atoms with E-state index < -0.39 is 17.5 Å². The van der Waals surface area contributed by atoms with Crippen LogP contribution < -0.4 is 10.5 Å². The number of oxime groups is 1. The summed E-state index contributed by atoms with van der Waals surface area (Å²) in [6, 6.07) is 16.7. The molecule has 1 saturated heterocycles. The van der Waals surface area contributed by atoms with Crippen LogP contribution >= 0.6 is 0 Å². The average Bonchev–Trinajstić information content (AvgIpc) is 3.40. The number of nitrogen functional groups attached to an aromatic ring is 1. The molecule has 1 unspecified atom stereocenters. The SMILES string of the molecule is C=CCOC(=O)C(Cc1ccc2ccc(N)cc2c1/C=N\O)c1ccc(O[C@H]2CCN(C(=O)OC(C)(C)C)C2)cc1. The first-order chi connectivity index (χ1) is 19.6. The number of carbonyl (C=O) groups excluding carboxylic acids is 2. The fraction of sp³-hybridized carbons (Fsp3) is 0.344. The normalized spacial score (nSPS) is 16.1. The number of likely N-dealkylation sites (tertiary alicyclic amines) is 1. The molecule has 1 aliphatic heterocycles. The van der Waals surface area contributed by atoms with Gasteiger partial charge in [0.1, 0.15) is 24.1 Å². The minimum Gasteiger partial charge on any atom is -0.489 e. The first-order valence-corrected chi connectivity index (χ1v) is 13.6. The highest BCUT2D eigenvalue weighted by molar-refractivity contribution is 6.02. The van der Waals surface area contributed by atoms with Crippen LogP contribution in [0.5, 0.6) is 5.75 Å². The van der Waals surface area contributed by atoms with Gasteiger partial charge < -0.3 is 30.1 Å². The van der Waals surface area contributed by atoms with Crippen LogP contribution in [-0.2, 0) is 20.7 Å². The molecular weight excluding hydrogens is 522 g/mol. The number of hydrogen-bond acceptors (Lipinski definition) is 8. The second kappa shape index (κ2) is 12.8. The van der Waals surface area contributed by atoms with Gasteiger partial charge in [-0.05, 0) is 73.4 Å². The number of hydrogen-bond donors (Lipinski definition) is 2. The van der Waals surface area contributed by atoms with Gasteiger partial charge in [-0.3, -0.25) is 4.79 Å². The number of anilines is 1. The van der Waals surface area contributed by atoms with Crippen LogP contribution in [0.4, 0.5) is 10.5 Å². The number of ether oxygens (including phenoxy) is 3. The van der Waals surface area contributed by atoms with Crippen LogP contribution in [0.1, 0.15) is 49.8 Å². The van der Waals surface area contributed by atoms with Crippen LogP contribution in [0.15, 0.2) is 72.4 Å². The van der Waals surface area contributed by atoms with E-state index in [1.165, 1.54) is 12.3 Å². The largest absolute Gasteiger partial charge is 0.489 e. The van der Waals surface area contributed by atoms with Crippen molar-refractivity contribution in [1.82, 2.24) is 4.90 Å². The Morgan fingerprint density at radius 3 is 2.59 bits per heavy atom. The quantitative estimate of drug-likeness (QED) is 0.0864. The van der Waals surface area contributed by atoms with E-state index in [0.29, 0.717) is 42.9 Å². The Bertz CT molecular complexity index is 1430. The zero-order valence-corrected chi connectivity index (χ0v) is 23.7. The van der Waals surface area contributed by atoms with Crippen LogP contribution in [0.2, 0.25) is 0 Å². The average molecular weight is 560 g/mol. The minimum absolute atomic E-state index is 0.0889. The molecule has 1 amide bonds. The lowest BCUT2D eigenvalue weighted by atomic mass is 9.88. The zero-order valence-electron chi connectivity index (χ0n) is 23.7. The first kappa shape index (κ1) is 29.5. The third-order valence-electron chi connectivity index (χ3n) is 6.80. The molecule has 216 valence electrons. The number of rotatable bonds is 9. The Kier molecular flexibility index (Phi) is 9.17. The summed E-state index contributed by atoms with van der Waals surface area (Å²) in [4.78, 5) is 27.2. The molecule has 3 N–H and O–H groups in total. The molecule has 2 atom stereocenters. The molecule has 3 aromatic rings. The summed E-state index contributed by atoms with van der Waals surface area (Å²) in [6.45, 7) is 10.3. The van der Waals surface area contributed by atoms with E-state index in [2.05, 4.69) is 11.7 Å². The Morgan fingerprint density at radius 1 is 1.17 bits per heavy atom. The summed E-state index contributed by atoms with van der Waals surface area (Å²) < 4.78 is 17.1. The Morgan fingerprint density at radius 2 is 1.90 bits per heavy atom. The monoisotopic (exact) mass is 559 g/mol. The third-order valence-corrected chi connectivity index (χ3v) is 6.80. The molecule has 1 heterocycles. The molecule has 9 nitrogen and oxygen atoms in total. The molecule has 9 heteroatoms. The van der Waals surface area contributed by atoms with Crippen molar-refractivity contribution >= 4 is 34.7 Å². The predicted octanol–water partition coefficient (Wildman–Crippen LogP) is 5.67. The Labute approximate surface area is 240 Å². The van der Waals surface area contributed by atoms with E-state index in [1.54, 1.807) is 4.90 Å². The van der Waals surface area contributed by atoms with Crippen molar-refractivity contribution in [3.05, 3.63) is 83.9 Å². The molecule has 4 rings (SSSR count). The lowest BCUT2D eigenvalue weighted by Crippen LogP contribution is -2.36. The molecule has 0 radical (unpaired) electrons. The highest BCUT2D eigenvalue weighted by Gasteiger charge is 2.31. The van der Waals surface area contributed by atoms with Crippen molar-refractivity contribution in [3.63, 3.8) is 0 Å². The molecule has 0 saturated carbocycles. The van der Waals surface area contributed by atoms with Gasteiger partial charge in [0.05, 0.1) is 18.7 Å². The van der Waals surface area contributed by atoms with Crippen molar-refractivity contribution in [1.29, 1.82) is 0 Å². The second-order valence-electron chi connectivity index (χ2n) is 11.1. The molecule has 3 aromatic carbocycles. The van der Waals surface area contributed by atoms with Gasteiger partial charge in [0, 0.05) is 24.2 Å². The van der Waals surface area contributed by atoms with E-state index in [-0.39, 0.29) is 18.8 Å². The van der Waals surface area contributed by atoms with Crippen molar-refractivity contribution in [2.75, 3.05) is 25.4 Å². The lowest BCUT2D eigenvalue weighted by molar-refractivity contribution is -0.144. The number of fused-ring (bicyclic) bond motifs is 1. The number of carbonyl (C=O) groups is 2. The maximum absolute atomic E-state index is 13.2. The van der Waals surface area contributed by atoms with Crippen molar-refractivity contribution in [3.8, 4) is 5.75 Å². The summed E-state index contributed by atoms with van der Waals surface area (Å²) in [6.07, 6.45) is 3.38. The molecule has 1 fully saturated rings. The lowest BCUT2D eigenvalue weighted by Gasteiger charge is -2.24.